The summed E-state index contributed by atoms with van der Waals surface area (Å²) < 4.78 is 0. The second kappa shape index (κ2) is 7.38. The van der Waals surface area contributed by atoms with Gasteiger partial charge in [0.1, 0.15) is 0 Å². The number of carbonyl (C=O) groups is 1. The summed E-state index contributed by atoms with van der Waals surface area (Å²) >= 11 is 0. The smallest absolute Gasteiger partial charge is 0.234 e. The molecule has 0 aromatic rings. The van der Waals surface area contributed by atoms with Crippen LogP contribution in [0.4, 0.5) is 0 Å². The van der Waals surface area contributed by atoms with Gasteiger partial charge in [0.2, 0.25) is 5.91 Å². The molecule has 2 rings (SSSR count). The van der Waals surface area contributed by atoms with Gasteiger partial charge < -0.3 is 15.3 Å². The van der Waals surface area contributed by atoms with E-state index in [1.54, 1.807) is 0 Å². The first-order valence-corrected chi connectivity index (χ1v) is 7.92. The molecular formula is C15H29N3O2. The number of hydrogen-bond acceptors (Lipinski definition) is 4. The first-order chi connectivity index (χ1) is 9.63. The highest BCUT2D eigenvalue weighted by Gasteiger charge is 2.33. The van der Waals surface area contributed by atoms with Crippen LogP contribution in [0.15, 0.2) is 0 Å². The molecule has 0 bridgehead atoms. The summed E-state index contributed by atoms with van der Waals surface area (Å²) in [7, 11) is 2.13. The highest BCUT2D eigenvalue weighted by atomic mass is 16.3. The fraction of sp³-hybridized carbons (Fsp3) is 0.933. The molecule has 2 aliphatic rings. The first kappa shape index (κ1) is 15.7. The molecule has 20 heavy (non-hydrogen) atoms. The predicted molar refractivity (Wildman–Crippen MR) is 79.6 cm³/mol. The van der Waals surface area contributed by atoms with Crippen molar-refractivity contribution in [2.24, 2.45) is 5.41 Å². The van der Waals surface area contributed by atoms with Crippen LogP contribution in [0.5, 0.6) is 0 Å². The number of aliphatic hydroxyl groups excluding tert-OH is 1. The molecule has 0 radical (unpaired) electrons. The average Bonchev–Trinajstić information content (AvgIpc) is 2.83. The van der Waals surface area contributed by atoms with Crippen molar-refractivity contribution in [2.75, 3.05) is 52.9 Å². The summed E-state index contributed by atoms with van der Waals surface area (Å²) in [5, 5.41) is 12.6. The van der Waals surface area contributed by atoms with Gasteiger partial charge in [-0.1, -0.05) is 12.8 Å². The maximum atomic E-state index is 12.1. The van der Waals surface area contributed by atoms with E-state index < -0.39 is 0 Å². The van der Waals surface area contributed by atoms with Crippen molar-refractivity contribution >= 4 is 5.91 Å². The number of nitrogens with one attached hydrogen (secondary N) is 1. The van der Waals surface area contributed by atoms with Crippen LogP contribution in [0, 0.1) is 5.41 Å². The molecule has 1 aliphatic heterocycles. The SMILES string of the molecule is CN1CCCN(CC(=O)NCC2(CO)CCCC2)CC1. The third-order valence-electron chi connectivity index (χ3n) is 4.84. The first-order valence-electron chi connectivity index (χ1n) is 7.92. The van der Waals surface area contributed by atoms with Gasteiger partial charge in [0.05, 0.1) is 13.2 Å². The Morgan fingerprint density at radius 1 is 1.15 bits per heavy atom. The van der Waals surface area contributed by atoms with Crippen LogP contribution in [0.3, 0.4) is 0 Å². The van der Waals surface area contributed by atoms with Crippen LogP contribution in [0.2, 0.25) is 0 Å². The minimum Gasteiger partial charge on any atom is -0.396 e. The minimum atomic E-state index is -0.0470. The second-order valence-electron chi connectivity index (χ2n) is 6.57. The normalized spacial score (nSPS) is 24.5. The van der Waals surface area contributed by atoms with E-state index in [9.17, 15) is 9.90 Å². The van der Waals surface area contributed by atoms with Gasteiger partial charge in [-0.25, -0.2) is 0 Å². The number of aliphatic hydroxyl groups is 1. The van der Waals surface area contributed by atoms with Crippen molar-refractivity contribution in [2.45, 2.75) is 32.1 Å². The van der Waals surface area contributed by atoms with Crippen LogP contribution in [0.1, 0.15) is 32.1 Å². The van der Waals surface area contributed by atoms with Gasteiger partial charge in [0, 0.05) is 25.0 Å². The van der Waals surface area contributed by atoms with E-state index in [4.69, 9.17) is 0 Å². The lowest BCUT2D eigenvalue weighted by molar-refractivity contribution is -0.122. The molecule has 1 saturated heterocycles. The minimum absolute atomic E-state index is 0.0470. The number of carbonyl (C=O) groups excluding carboxylic acids is 1. The van der Waals surface area contributed by atoms with Gasteiger partial charge >= 0.3 is 0 Å². The molecule has 1 saturated carbocycles. The van der Waals surface area contributed by atoms with Crippen LogP contribution < -0.4 is 5.32 Å². The number of likely N-dealkylation sites (N-methyl/N-ethyl adjacent to an activating group) is 1. The Bertz CT molecular complexity index is 316. The largest absolute Gasteiger partial charge is 0.396 e. The average molecular weight is 283 g/mol. The third kappa shape index (κ3) is 4.43. The highest BCUT2D eigenvalue weighted by Crippen LogP contribution is 2.36. The van der Waals surface area contributed by atoms with Crippen LogP contribution in [-0.4, -0.2) is 73.7 Å². The third-order valence-corrected chi connectivity index (χ3v) is 4.84. The Labute approximate surface area is 122 Å². The molecule has 0 aromatic carbocycles. The maximum Gasteiger partial charge on any atom is 0.234 e. The van der Waals surface area contributed by atoms with Crippen LogP contribution in [0.25, 0.3) is 0 Å². The van der Waals surface area contributed by atoms with E-state index in [2.05, 4.69) is 22.2 Å². The van der Waals surface area contributed by atoms with Crippen molar-refractivity contribution in [1.29, 1.82) is 0 Å². The molecule has 0 unspecified atom stereocenters. The van der Waals surface area contributed by atoms with Gasteiger partial charge in [-0.3, -0.25) is 9.69 Å². The Kier molecular flexibility index (Phi) is 5.81. The monoisotopic (exact) mass is 283 g/mol. The summed E-state index contributed by atoms with van der Waals surface area (Å²) in [6, 6.07) is 0. The number of nitrogens with zero attached hydrogens (tertiary/aromatic N) is 2. The zero-order chi connectivity index (χ0) is 14.4. The van der Waals surface area contributed by atoms with Gasteiger partial charge in [-0.15, -0.1) is 0 Å². The van der Waals surface area contributed by atoms with Gasteiger partial charge in [0.15, 0.2) is 0 Å². The van der Waals surface area contributed by atoms with Crippen molar-refractivity contribution in [1.82, 2.24) is 15.1 Å². The molecule has 1 amide bonds. The van der Waals surface area contributed by atoms with E-state index >= 15 is 0 Å². The lowest BCUT2D eigenvalue weighted by Gasteiger charge is -2.27. The maximum absolute atomic E-state index is 12.1. The summed E-state index contributed by atoms with van der Waals surface area (Å²) in [5.74, 6) is 0.106. The Morgan fingerprint density at radius 3 is 2.60 bits per heavy atom. The summed E-state index contributed by atoms with van der Waals surface area (Å²) in [5.41, 5.74) is -0.0470. The molecule has 0 atom stereocenters. The summed E-state index contributed by atoms with van der Waals surface area (Å²) in [6.07, 6.45) is 5.56. The van der Waals surface area contributed by atoms with E-state index in [0.717, 1.165) is 45.4 Å². The summed E-state index contributed by atoms with van der Waals surface area (Å²) in [4.78, 5) is 16.6. The van der Waals surface area contributed by atoms with Crippen molar-refractivity contribution in [3.05, 3.63) is 0 Å². The molecule has 2 fully saturated rings. The van der Waals surface area contributed by atoms with Crippen LogP contribution >= 0.6 is 0 Å². The van der Waals surface area contributed by atoms with E-state index in [-0.39, 0.29) is 17.9 Å². The topological polar surface area (TPSA) is 55.8 Å². The van der Waals surface area contributed by atoms with E-state index in [0.29, 0.717) is 13.1 Å². The molecule has 116 valence electrons. The van der Waals surface area contributed by atoms with Gasteiger partial charge in [-0.05, 0) is 39.4 Å². The van der Waals surface area contributed by atoms with Crippen molar-refractivity contribution in [3.8, 4) is 0 Å². The Hall–Kier alpha value is -0.650. The lowest BCUT2D eigenvalue weighted by Crippen LogP contribution is -2.43. The van der Waals surface area contributed by atoms with Gasteiger partial charge in [0.25, 0.3) is 0 Å². The van der Waals surface area contributed by atoms with Crippen LogP contribution in [-0.2, 0) is 4.79 Å². The van der Waals surface area contributed by atoms with Crippen molar-refractivity contribution in [3.63, 3.8) is 0 Å². The zero-order valence-electron chi connectivity index (χ0n) is 12.7. The second-order valence-corrected chi connectivity index (χ2v) is 6.57. The highest BCUT2D eigenvalue weighted by molar-refractivity contribution is 5.78. The molecule has 0 spiro atoms. The number of hydrogen-bond donors (Lipinski definition) is 2. The molecule has 5 nitrogen and oxygen atoms in total. The fourth-order valence-electron chi connectivity index (χ4n) is 3.32. The van der Waals surface area contributed by atoms with E-state index in [1.807, 2.05) is 0 Å². The lowest BCUT2D eigenvalue weighted by atomic mass is 9.87. The van der Waals surface area contributed by atoms with Gasteiger partial charge in [-0.2, -0.15) is 0 Å². The summed E-state index contributed by atoms with van der Waals surface area (Å²) in [6.45, 7) is 5.45. The Balaban J connectivity index is 1.72. The van der Waals surface area contributed by atoms with E-state index in [1.165, 1.54) is 12.8 Å². The molecule has 1 heterocycles. The molecule has 5 heteroatoms. The molecule has 0 aromatic heterocycles. The molecule has 1 aliphatic carbocycles. The number of amides is 1. The quantitative estimate of drug-likeness (QED) is 0.762. The number of rotatable bonds is 5. The standard InChI is InChI=1S/C15H29N3O2/c1-17-7-4-8-18(10-9-17)11-14(20)16-12-15(13-19)5-2-3-6-15/h19H,2-13H2,1H3,(H,16,20). The fourth-order valence-corrected chi connectivity index (χ4v) is 3.32. The van der Waals surface area contributed by atoms with Crippen molar-refractivity contribution < 1.29 is 9.90 Å². The molecular weight excluding hydrogens is 254 g/mol. The predicted octanol–water partition coefficient (Wildman–Crippen LogP) is 0.293. The molecule has 2 N–H and O–H groups in total. The Morgan fingerprint density at radius 2 is 1.90 bits per heavy atom. The zero-order valence-corrected chi connectivity index (χ0v) is 12.7.